The van der Waals surface area contributed by atoms with Crippen LogP contribution >= 0.6 is 0 Å². The fourth-order valence-electron chi connectivity index (χ4n) is 1.85. The van der Waals surface area contributed by atoms with Crippen molar-refractivity contribution in [2.24, 2.45) is 4.99 Å². The van der Waals surface area contributed by atoms with E-state index in [2.05, 4.69) is 4.99 Å². The molecule has 1 aromatic carbocycles. The van der Waals surface area contributed by atoms with E-state index in [1.807, 2.05) is 18.2 Å². The summed E-state index contributed by atoms with van der Waals surface area (Å²) in [6.45, 7) is 0. The topological polar surface area (TPSA) is 49.7 Å². The third-order valence-corrected chi connectivity index (χ3v) is 2.64. The Hall–Kier alpha value is -2.23. The molecule has 4 heteroatoms. The Morgan fingerprint density at radius 1 is 1.19 bits per heavy atom. The van der Waals surface area contributed by atoms with E-state index in [9.17, 15) is 9.59 Å². The summed E-state index contributed by atoms with van der Waals surface area (Å²) in [6, 6.07) is 7.26. The minimum atomic E-state index is -0.355. The third kappa shape index (κ3) is 1.20. The number of fused-ring (bicyclic) bond motifs is 2. The van der Waals surface area contributed by atoms with Crippen molar-refractivity contribution in [3.8, 4) is 0 Å². The maximum absolute atomic E-state index is 11.8. The lowest BCUT2D eigenvalue weighted by molar-refractivity contribution is -0.126. The fraction of sp³-hybridized carbons (Fsp3) is 0.0833. The molecule has 0 spiro atoms. The summed E-state index contributed by atoms with van der Waals surface area (Å²) in [6.07, 6.45) is 3.57. The van der Waals surface area contributed by atoms with Gasteiger partial charge in [0, 0.05) is 17.8 Å². The SMILES string of the molecule is O=C1N=c2ccccc2=CN2C(=O)CC=C12. The number of carbonyl (C=O) groups excluding carboxylic acids is 2. The van der Waals surface area contributed by atoms with Gasteiger partial charge in [-0.2, -0.15) is 0 Å². The van der Waals surface area contributed by atoms with Crippen molar-refractivity contribution in [2.75, 3.05) is 0 Å². The second-order valence-electron chi connectivity index (χ2n) is 3.66. The predicted octanol–water partition coefficient (Wildman–Crippen LogP) is -0.299. The smallest absolute Gasteiger partial charge is 0.282 e. The van der Waals surface area contributed by atoms with Crippen molar-refractivity contribution in [2.45, 2.75) is 6.42 Å². The average Bonchev–Trinajstić information content (AvgIpc) is 2.57. The molecule has 2 aliphatic rings. The molecule has 0 saturated heterocycles. The highest BCUT2D eigenvalue weighted by atomic mass is 16.2. The molecule has 0 N–H and O–H groups in total. The second kappa shape index (κ2) is 3.13. The molecule has 0 aromatic heterocycles. The molecule has 0 fully saturated rings. The molecule has 0 bridgehead atoms. The highest BCUT2D eigenvalue weighted by Gasteiger charge is 2.27. The standard InChI is InChI=1S/C12H8N2O2/c15-11-6-5-10-12(16)13-9-4-2-1-3-8(9)7-14(10)11/h1-5,7H,6H2. The lowest BCUT2D eigenvalue weighted by Crippen LogP contribution is -2.27. The van der Waals surface area contributed by atoms with E-state index >= 15 is 0 Å². The number of benzene rings is 1. The number of nitrogens with zero attached hydrogens (tertiary/aromatic N) is 2. The first-order chi connectivity index (χ1) is 7.75. The number of para-hydroxylation sites is 1. The number of hydrogen-bond acceptors (Lipinski definition) is 2. The van der Waals surface area contributed by atoms with Crippen LogP contribution in [0.1, 0.15) is 6.42 Å². The Kier molecular flexibility index (Phi) is 1.77. The average molecular weight is 212 g/mol. The lowest BCUT2D eigenvalue weighted by Gasteiger charge is -2.10. The molecular formula is C12H8N2O2. The number of rotatable bonds is 0. The Balaban J connectivity index is 2.34. The van der Waals surface area contributed by atoms with Crippen molar-refractivity contribution in [1.29, 1.82) is 0 Å². The molecule has 0 radical (unpaired) electrons. The lowest BCUT2D eigenvalue weighted by atomic mass is 10.3. The molecule has 2 heterocycles. The van der Waals surface area contributed by atoms with Crippen LogP contribution in [0.5, 0.6) is 0 Å². The molecule has 16 heavy (non-hydrogen) atoms. The molecule has 0 unspecified atom stereocenters. The Morgan fingerprint density at radius 2 is 2.00 bits per heavy atom. The van der Waals surface area contributed by atoms with Gasteiger partial charge in [-0.05, 0) is 12.1 Å². The van der Waals surface area contributed by atoms with Crippen LogP contribution in [0.4, 0.5) is 0 Å². The molecule has 0 aliphatic carbocycles. The summed E-state index contributed by atoms with van der Waals surface area (Å²) < 4.78 is 0. The van der Waals surface area contributed by atoms with Gasteiger partial charge in [0.25, 0.3) is 5.91 Å². The van der Waals surface area contributed by atoms with Crippen LogP contribution in [0.25, 0.3) is 6.20 Å². The van der Waals surface area contributed by atoms with E-state index < -0.39 is 0 Å². The van der Waals surface area contributed by atoms with Gasteiger partial charge in [0.15, 0.2) is 0 Å². The maximum Gasteiger partial charge on any atom is 0.294 e. The Labute approximate surface area is 91.2 Å². The van der Waals surface area contributed by atoms with Gasteiger partial charge in [0.2, 0.25) is 5.91 Å². The van der Waals surface area contributed by atoms with E-state index in [0.717, 1.165) is 5.22 Å². The van der Waals surface area contributed by atoms with Crippen molar-refractivity contribution in [3.63, 3.8) is 0 Å². The molecule has 3 rings (SSSR count). The summed E-state index contributed by atoms with van der Waals surface area (Å²) in [4.78, 5) is 28.7. The largest absolute Gasteiger partial charge is 0.294 e. The quantitative estimate of drug-likeness (QED) is 0.593. The molecule has 0 atom stereocenters. The molecular weight excluding hydrogens is 204 g/mol. The molecule has 0 saturated carbocycles. The van der Waals surface area contributed by atoms with Gasteiger partial charge in [0.05, 0.1) is 5.36 Å². The number of carbonyl (C=O) groups is 2. The zero-order valence-corrected chi connectivity index (χ0v) is 8.38. The van der Waals surface area contributed by atoms with E-state index in [1.165, 1.54) is 4.90 Å². The fourth-order valence-corrected chi connectivity index (χ4v) is 1.85. The van der Waals surface area contributed by atoms with Gasteiger partial charge in [-0.15, -0.1) is 0 Å². The summed E-state index contributed by atoms with van der Waals surface area (Å²) >= 11 is 0. The molecule has 2 amide bonds. The Bertz CT molecular complexity index is 643. The zero-order valence-electron chi connectivity index (χ0n) is 8.38. The normalized spacial score (nSPS) is 18.0. The van der Waals surface area contributed by atoms with Crippen LogP contribution in [0.15, 0.2) is 41.0 Å². The first-order valence-electron chi connectivity index (χ1n) is 4.98. The first-order valence-corrected chi connectivity index (χ1v) is 4.98. The zero-order chi connectivity index (χ0) is 11.1. The van der Waals surface area contributed by atoms with Gasteiger partial charge in [-0.25, -0.2) is 4.99 Å². The molecule has 78 valence electrons. The summed E-state index contributed by atoms with van der Waals surface area (Å²) in [5.74, 6) is -0.442. The molecule has 1 aromatic rings. The first kappa shape index (κ1) is 9.03. The van der Waals surface area contributed by atoms with E-state index in [0.29, 0.717) is 11.1 Å². The monoisotopic (exact) mass is 212 g/mol. The van der Waals surface area contributed by atoms with Crippen molar-refractivity contribution < 1.29 is 9.59 Å². The molecule has 4 nitrogen and oxygen atoms in total. The van der Waals surface area contributed by atoms with Crippen molar-refractivity contribution in [1.82, 2.24) is 4.90 Å². The van der Waals surface area contributed by atoms with Crippen LogP contribution in [0, 0.1) is 0 Å². The van der Waals surface area contributed by atoms with Crippen LogP contribution in [0.3, 0.4) is 0 Å². The van der Waals surface area contributed by atoms with Gasteiger partial charge < -0.3 is 0 Å². The van der Waals surface area contributed by atoms with Crippen molar-refractivity contribution in [3.05, 3.63) is 46.6 Å². The highest BCUT2D eigenvalue weighted by molar-refractivity contribution is 6.03. The highest BCUT2D eigenvalue weighted by Crippen LogP contribution is 2.18. The van der Waals surface area contributed by atoms with E-state index in [4.69, 9.17) is 0 Å². The van der Waals surface area contributed by atoms with Crippen LogP contribution < -0.4 is 10.6 Å². The summed E-state index contributed by atoms with van der Waals surface area (Å²) in [5.41, 5.74) is 0.362. The number of hydrogen-bond donors (Lipinski definition) is 0. The van der Waals surface area contributed by atoms with Crippen molar-refractivity contribution >= 4 is 18.0 Å². The minimum Gasteiger partial charge on any atom is -0.282 e. The molecule has 2 aliphatic heterocycles. The summed E-state index contributed by atoms with van der Waals surface area (Å²) in [7, 11) is 0. The van der Waals surface area contributed by atoms with E-state index in [-0.39, 0.29) is 18.2 Å². The number of amides is 2. The summed E-state index contributed by atoms with van der Waals surface area (Å²) in [5, 5.41) is 1.39. The maximum atomic E-state index is 11.8. The van der Waals surface area contributed by atoms with Crippen LogP contribution in [-0.4, -0.2) is 16.7 Å². The third-order valence-electron chi connectivity index (χ3n) is 2.64. The van der Waals surface area contributed by atoms with Gasteiger partial charge in [-0.1, -0.05) is 18.2 Å². The van der Waals surface area contributed by atoms with E-state index in [1.54, 1.807) is 18.3 Å². The van der Waals surface area contributed by atoms with Crippen LogP contribution in [0.2, 0.25) is 0 Å². The minimum absolute atomic E-state index is 0.0877. The predicted molar refractivity (Wildman–Crippen MR) is 56.2 cm³/mol. The van der Waals surface area contributed by atoms with Gasteiger partial charge in [0.1, 0.15) is 5.70 Å². The Morgan fingerprint density at radius 3 is 2.88 bits per heavy atom. The van der Waals surface area contributed by atoms with Gasteiger partial charge >= 0.3 is 0 Å². The van der Waals surface area contributed by atoms with Crippen LogP contribution in [-0.2, 0) is 9.59 Å². The van der Waals surface area contributed by atoms with Gasteiger partial charge in [-0.3, -0.25) is 14.5 Å². The second-order valence-corrected chi connectivity index (χ2v) is 3.66.